The third kappa shape index (κ3) is 6.77. The zero-order chi connectivity index (χ0) is 17.2. The number of nitrogens with zero attached hydrogens (tertiary/aromatic N) is 1. The molecule has 2 aromatic rings. The second-order valence-electron chi connectivity index (χ2n) is 5.04. The average molecular weight is 358 g/mol. The molecule has 0 aromatic heterocycles. The highest BCUT2D eigenvalue weighted by Gasteiger charge is 1.98. The van der Waals surface area contributed by atoms with Crippen molar-refractivity contribution in [3.05, 3.63) is 83.5 Å². The molecule has 0 saturated heterocycles. The number of allylic oxidation sites excluding steroid dienone is 1. The van der Waals surface area contributed by atoms with Crippen molar-refractivity contribution in [2.24, 2.45) is 4.99 Å². The summed E-state index contributed by atoms with van der Waals surface area (Å²) in [6.07, 6.45) is 6.14. The maximum Gasteiger partial charge on any atom is 0.123 e. The number of halogens is 1. The Morgan fingerprint density at radius 1 is 1.08 bits per heavy atom. The smallest absolute Gasteiger partial charge is 0.123 e. The molecule has 0 unspecified atom stereocenters. The topological polar surface area (TPSA) is 12.4 Å². The van der Waals surface area contributed by atoms with E-state index < -0.39 is 0 Å². The summed E-state index contributed by atoms with van der Waals surface area (Å²) in [5.74, 6) is 0.666. The van der Waals surface area contributed by atoms with E-state index in [1.54, 1.807) is 35.7 Å². The van der Waals surface area contributed by atoms with Crippen molar-refractivity contribution in [2.45, 2.75) is 18.7 Å². The molecule has 0 N–H and O–H groups in total. The number of hydrogen-bond donors (Lipinski definition) is 0. The van der Waals surface area contributed by atoms with E-state index in [2.05, 4.69) is 25.1 Å². The zero-order valence-electron chi connectivity index (χ0n) is 13.8. The summed E-state index contributed by atoms with van der Waals surface area (Å²) < 4.78 is 12.9. The van der Waals surface area contributed by atoms with Gasteiger partial charge in [0, 0.05) is 10.6 Å². The minimum Gasteiger partial charge on any atom is -0.242 e. The van der Waals surface area contributed by atoms with Crippen LogP contribution in [0.4, 0.5) is 10.1 Å². The number of hydrogen-bond acceptors (Lipinski definition) is 3. The summed E-state index contributed by atoms with van der Waals surface area (Å²) in [6, 6.07) is 14.6. The molecule has 124 valence electrons. The van der Waals surface area contributed by atoms with Crippen LogP contribution in [-0.2, 0) is 0 Å². The maximum atomic E-state index is 12.9. The first-order valence-corrected chi connectivity index (χ1v) is 9.52. The molecule has 2 rings (SSSR count). The van der Waals surface area contributed by atoms with Gasteiger partial charge in [0.15, 0.2) is 0 Å². The van der Waals surface area contributed by atoms with Crippen LogP contribution >= 0.6 is 23.5 Å². The van der Waals surface area contributed by atoms with Crippen molar-refractivity contribution in [1.82, 2.24) is 0 Å². The third-order valence-corrected chi connectivity index (χ3v) is 4.76. The average Bonchev–Trinajstić information content (AvgIpc) is 2.58. The molecular weight excluding hydrogens is 337 g/mol. The highest BCUT2D eigenvalue weighted by Crippen LogP contribution is 2.22. The second-order valence-corrected chi connectivity index (χ2v) is 7.06. The van der Waals surface area contributed by atoms with Crippen molar-refractivity contribution in [1.29, 1.82) is 0 Å². The molecule has 0 heterocycles. The summed E-state index contributed by atoms with van der Waals surface area (Å²) in [5, 5.41) is 2.94. The SMILES string of the molecule is CC=CCSC(C=CSc1ccc(F)cc1)=Nc1ccc(C)cc1. The maximum absolute atomic E-state index is 12.9. The van der Waals surface area contributed by atoms with Crippen LogP contribution in [-0.4, -0.2) is 10.8 Å². The third-order valence-electron chi connectivity index (χ3n) is 3.06. The Balaban J connectivity index is 2.08. The van der Waals surface area contributed by atoms with Crippen LogP contribution in [0.15, 0.2) is 82.1 Å². The molecule has 0 amide bonds. The minimum absolute atomic E-state index is 0.216. The molecule has 24 heavy (non-hydrogen) atoms. The summed E-state index contributed by atoms with van der Waals surface area (Å²) in [5.41, 5.74) is 2.17. The van der Waals surface area contributed by atoms with Gasteiger partial charge in [-0.2, -0.15) is 0 Å². The molecule has 4 heteroatoms. The van der Waals surface area contributed by atoms with Crippen LogP contribution in [0.1, 0.15) is 12.5 Å². The lowest BCUT2D eigenvalue weighted by molar-refractivity contribution is 0.626. The highest BCUT2D eigenvalue weighted by molar-refractivity contribution is 8.14. The molecule has 0 fully saturated rings. The lowest BCUT2D eigenvalue weighted by Crippen LogP contribution is -1.87. The van der Waals surface area contributed by atoms with Gasteiger partial charge in [0.2, 0.25) is 0 Å². The predicted molar refractivity (Wildman–Crippen MR) is 107 cm³/mol. The summed E-state index contributed by atoms with van der Waals surface area (Å²) >= 11 is 3.24. The van der Waals surface area contributed by atoms with Crippen LogP contribution in [0.2, 0.25) is 0 Å². The van der Waals surface area contributed by atoms with Crippen LogP contribution in [0.5, 0.6) is 0 Å². The van der Waals surface area contributed by atoms with Gasteiger partial charge in [-0.1, -0.05) is 41.6 Å². The van der Waals surface area contributed by atoms with Crippen molar-refractivity contribution in [3.63, 3.8) is 0 Å². The molecule has 0 bridgehead atoms. The fourth-order valence-corrected chi connectivity index (χ4v) is 3.30. The minimum atomic E-state index is -0.216. The number of rotatable bonds is 6. The first-order chi connectivity index (χ1) is 11.7. The predicted octanol–water partition coefficient (Wildman–Crippen LogP) is 6.78. The van der Waals surface area contributed by atoms with E-state index in [1.165, 1.54) is 17.7 Å². The molecule has 0 aliphatic heterocycles. The van der Waals surface area contributed by atoms with E-state index in [9.17, 15) is 4.39 Å². The van der Waals surface area contributed by atoms with E-state index in [4.69, 9.17) is 4.99 Å². The number of benzene rings is 2. The molecular formula is C20H20FNS2. The molecule has 2 aromatic carbocycles. The largest absolute Gasteiger partial charge is 0.242 e. The Labute approximate surface area is 151 Å². The van der Waals surface area contributed by atoms with Gasteiger partial charge in [-0.25, -0.2) is 9.38 Å². The van der Waals surface area contributed by atoms with Gasteiger partial charge in [-0.3, -0.25) is 0 Å². The Morgan fingerprint density at radius 2 is 1.79 bits per heavy atom. The number of thioether (sulfide) groups is 2. The van der Waals surface area contributed by atoms with E-state index in [-0.39, 0.29) is 5.82 Å². The second kappa shape index (κ2) is 10.2. The molecule has 0 radical (unpaired) electrons. The summed E-state index contributed by atoms with van der Waals surface area (Å²) in [6.45, 7) is 4.08. The van der Waals surface area contributed by atoms with Gasteiger partial charge in [-0.05, 0) is 61.7 Å². The first kappa shape index (κ1) is 18.6. The molecule has 1 nitrogen and oxygen atoms in total. The fourth-order valence-electron chi connectivity index (χ4n) is 1.78. The van der Waals surface area contributed by atoms with E-state index in [0.717, 1.165) is 21.4 Å². The Kier molecular flexibility index (Phi) is 7.86. The Morgan fingerprint density at radius 3 is 2.46 bits per heavy atom. The lowest BCUT2D eigenvalue weighted by atomic mass is 10.2. The van der Waals surface area contributed by atoms with Gasteiger partial charge >= 0.3 is 0 Å². The highest BCUT2D eigenvalue weighted by atomic mass is 32.2. The van der Waals surface area contributed by atoms with E-state index >= 15 is 0 Å². The molecule has 0 atom stereocenters. The Bertz CT molecular complexity index is 716. The van der Waals surface area contributed by atoms with Crippen LogP contribution in [0, 0.1) is 12.7 Å². The Hall–Kier alpha value is -1.78. The van der Waals surface area contributed by atoms with Crippen molar-refractivity contribution in [2.75, 3.05) is 5.75 Å². The van der Waals surface area contributed by atoms with Gasteiger partial charge in [0.05, 0.1) is 10.7 Å². The van der Waals surface area contributed by atoms with Gasteiger partial charge < -0.3 is 0 Å². The zero-order valence-corrected chi connectivity index (χ0v) is 15.4. The van der Waals surface area contributed by atoms with E-state index in [0.29, 0.717) is 0 Å². The quantitative estimate of drug-likeness (QED) is 0.244. The lowest BCUT2D eigenvalue weighted by Gasteiger charge is -2.01. The number of aliphatic imine (C=N–C) groups is 1. The van der Waals surface area contributed by atoms with Crippen LogP contribution in [0.25, 0.3) is 0 Å². The van der Waals surface area contributed by atoms with Crippen LogP contribution < -0.4 is 0 Å². The van der Waals surface area contributed by atoms with Gasteiger partial charge in [-0.15, -0.1) is 11.8 Å². The molecule has 0 saturated carbocycles. The molecule has 0 spiro atoms. The van der Waals surface area contributed by atoms with Crippen molar-refractivity contribution < 1.29 is 4.39 Å². The van der Waals surface area contributed by atoms with Gasteiger partial charge in [0.1, 0.15) is 5.82 Å². The van der Waals surface area contributed by atoms with Crippen molar-refractivity contribution >= 4 is 34.3 Å². The first-order valence-electron chi connectivity index (χ1n) is 7.65. The normalized spacial score (nSPS) is 12.4. The van der Waals surface area contributed by atoms with Crippen molar-refractivity contribution in [3.8, 4) is 0 Å². The summed E-state index contributed by atoms with van der Waals surface area (Å²) in [7, 11) is 0. The standard InChI is InChI=1S/C20H20FNS2/c1-3-4-14-24-20(22-18-9-5-16(2)6-10-18)13-15-23-19-11-7-17(21)8-12-19/h3-13,15H,14H2,1-2H3. The number of aryl methyl sites for hydroxylation is 1. The molecule has 0 aliphatic carbocycles. The summed E-state index contributed by atoms with van der Waals surface area (Å²) in [4.78, 5) is 5.70. The fraction of sp³-hybridized carbons (Fsp3) is 0.150. The van der Waals surface area contributed by atoms with E-state index in [1.807, 2.05) is 36.6 Å². The monoisotopic (exact) mass is 357 g/mol. The van der Waals surface area contributed by atoms with Crippen LogP contribution in [0.3, 0.4) is 0 Å². The molecule has 0 aliphatic rings. The van der Waals surface area contributed by atoms with Gasteiger partial charge in [0.25, 0.3) is 0 Å².